The standard InChI is InChI=1S/C15H18O6/c1-15(2,3)21-13(16)7-10(14(17)18)9-4-5-11-12(6-9)20-8-19-11/h4-6,10H,7-8H2,1-3H3,(H,17,18). The summed E-state index contributed by atoms with van der Waals surface area (Å²) in [5.41, 5.74) is -0.160. The van der Waals surface area contributed by atoms with Gasteiger partial charge in [-0.05, 0) is 38.5 Å². The highest BCUT2D eigenvalue weighted by Crippen LogP contribution is 2.35. The van der Waals surface area contributed by atoms with Crippen molar-refractivity contribution in [2.75, 3.05) is 6.79 Å². The summed E-state index contributed by atoms with van der Waals surface area (Å²) in [6, 6.07) is 4.85. The first-order valence-corrected chi connectivity index (χ1v) is 6.60. The molecule has 2 rings (SSSR count). The molecule has 6 heteroatoms. The van der Waals surface area contributed by atoms with E-state index in [1.165, 1.54) is 0 Å². The van der Waals surface area contributed by atoms with Crippen LogP contribution in [0, 0.1) is 0 Å². The number of benzene rings is 1. The van der Waals surface area contributed by atoms with Gasteiger partial charge in [-0.3, -0.25) is 9.59 Å². The Morgan fingerprint density at radius 3 is 2.57 bits per heavy atom. The van der Waals surface area contributed by atoms with Crippen LogP contribution in [0.3, 0.4) is 0 Å². The average molecular weight is 294 g/mol. The third kappa shape index (κ3) is 3.87. The van der Waals surface area contributed by atoms with Crippen molar-refractivity contribution in [3.63, 3.8) is 0 Å². The Bertz CT molecular complexity index is 558. The fourth-order valence-electron chi connectivity index (χ4n) is 2.03. The Morgan fingerprint density at radius 1 is 1.29 bits per heavy atom. The highest BCUT2D eigenvalue weighted by atomic mass is 16.7. The van der Waals surface area contributed by atoms with Gasteiger partial charge in [0.15, 0.2) is 11.5 Å². The summed E-state index contributed by atoms with van der Waals surface area (Å²) in [7, 11) is 0. The number of rotatable bonds is 4. The molecule has 1 aromatic rings. The van der Waals surface area contributed by atoms with Crippen LogP contribution < -0.4 is 9.47 Å². The molecule has 0 aliphatic carbocycles. The first-order valence-electron chi connectivity index (χ1n) is 6.60. The van der Waals surface area contributed by atoms with Gasteiger partial charge in [-0.1, -0.05) is 6.07 Å². The topological polar surface area (TPSA) is 82.1 Å². The number of esters is 1. The molecule has 0 amide bonds. The minimum atomic E-state index is -1.08. The summed E-state index contributed by atoms with van der Waals surface area (Å²) < 4.78 is 15.6. The number of aliphatic carboxylic acids is 1. The number of fused-ring (bicyclic) bond motifs is 1. The molecule has 1 unspecified atom stereocenters. The van der Waals surface area contributed by atoms with Gasteiger partial charge in [0.05, 0.1) is 12.3 Å². The number of carboxylic acids is 1. The van der Waals surface area contributed by atoms with Crippen molar-refractivity contribution in [2.45, 2.75) is 38.7 Å². The van der Waals surface area contributed by atoms with E-state index in [4.69, 9.17) is 14.2 Å². The molecule has 0 saturated carbocycles. The molecule has 0 fully saturated rings. The van der Waals surface area contributed by atoms with Crippen LogP contribution in [-0.2, 0) is 14.3 Å². The fraction of sp³-hybridized carbons (Fsp3) is 0.467. The monoisotopic (exact) mass is 294 g/mol. The van der Waals surface area contributed by atoms with E-state index in [1.807, 2.05) is 0 Å². The van der Waals surface area contributed by atoms with E-state index < -0.39 is 23.5 Å². The van der Waals surface area contributed by atoms with Crippen LogP contribution >= 0.6 is 0 Å². The summed E-state index contributed by atoms with van der Waals surface area (Å²) in [6.07, 6.45) is -0.230. The molecule has 6 nitrogen and oxygen atoms in total. The van der Waals surface area contributed by atoms with Gasteiger partial charge in [0, 0.05) is 0 Å². The molecule has 0 spiro atoms. The number of carboxylic acid groups (broad SMARTS) is 1. The number of hydrogen-bond acceptors (Lipinski definition) is 5. The van der Waals surface area contributed by atoms with Gasteiger partial charge < -0.3 is 19.3 Å². The highest BCUT2D eigenvalue weighted by Gasteiger charge is 2.28. The second-order valence-electron chi connectivity index (χ2n) is 5.79. The van der Waals surface area contributed by atoms with Crippen LogP contribution in [0.1, 0.15) is 38.7 Å². The molecule has 0 aromatic heterocycles. The Labute approximate surface area is 122 Å². The lowest BCUT2D eigenvalue weighted by Crippen LogP contribution is -2.26. The maximum atomic E-state index is 11.8. The molecule has 0 bridgehead atoms. The number of carbonyl (C=O) groups is 2. The van der Waals surface area contributed by atoms with E-state index in [2.05, 4.69) is 0 Å². The average Bonchev–Trinajstić information content (AvgIpc) is 2.80. The second-order valence-corrected chi connectivity index (χ2v) is 5.79. The maximum absolute atomic E-state index is 11.8. The van der Waals surface area contributed by atoms with Crippen LogP contribution in [-0.4, -0.2) is 29.4 Å². The van der Waals surface area contributed by atoms with E-state index in [1.54, 1.807) is 39.0 Å². The van der Waals surface area contributed by atoms with E-state index in [0.717, 1.165) is 0 Å². The van der Waals surface area contributed by atoms with Crippen molar-refractivity contribution in [2.24, 2.45) is 0 Å². The molecule has 1 N–H and O–H groups in total. The van der Waals surface area contributed by atoms with Gasteiger partial charge in [-0.15, -0.1) is 0 Å². The smallest absolute Gasteiger partial charge is 0.311 e. The minimum absolute atomic E-state index is 0.114. The minimum Gasteiger partial charge on any atom is -0.481 e. The number of carbonyl (C=O) groups excluding carboxylic acids is 1. The summed E-state index contributed by atoms with van der Waals surface area (Å²) in [6.45, 7) is 5.33. The van der Waals surface area contributed by atoms with Crippen molar-refractivity contribution in [1.82, 2.24) is 0 Å². The molecule has 1 aromatic carbocycles. The molecule has 0 radical (unpaired) electrons. The van der Waals surface area contributed by atoms with Crippen LogP contribution in [0.25, 0.3) is 0 Å². The summed E-state index contributed by atoms with van der Waals surface area (Å²) in [4.78, 5) is 23.3. The molecular weight excluding hydrogens is 276 g/mol. The molecule has 114 valence electrons. The van der Waals surface area contributed by atoms with Crippen LogP contribution in [0.15, 0.2) is 18.2 Å². The number of hydrogen-bond donors (Lipinski definition) is 1. The quantitative estimate of drug-likeness (QED) is 0.858. The SMILES string of the molecule is CC(C)(C)OC(=O)CC(C(=O)O)c1ccc2c(c1)OCO2. The van der Waals surface area contributed by atoms with E-state index >= 15 is 0 Å². The summed E-state index contributed by atoms with van der Waals surface area (Å²) >= 11 is 0. The molecule has 21 heavy (non-hydrogen) atoms. The van der Waals surface area contributed by atoms with E-state index in [-0.39, 0.29) is 13.2 Å². The summed E-state index contributed by atoms with van der Waals surface area (Å²) in [5.74, 6) is -1.55. The van der Waals surface area contributed by atoms with Crippen molar-refractivity contribution < 1.29 is 28.9 Å². The van der Waals surface area contributed by atoms with Crippen molar-refractivity contribution in [3.05, 3.63) is 23.8 Å². The zero-order valence-electron chi connectivity index (χ0n) is 12.2. The van der Waals surface area contributed by atoms with Gasteiger partial charge in [0.25, 0.3) is 0 Å². The third-order valence-corrected chi connectivity index (χ3v) is 2.89. The molecule has 1 heterocycles. The zero-order valence-corrected chi connectivity index (χ0v) is 12.2. The Morgan fingerprint density at radius 2 is 1.95 bits per heavy atom. The Balaban J connectivity index is 2.16. The van der Waals surface area contributed by atoms with Crippen LogP contribution in [0.5, 0.6) is 11.5 Å². The predicted octanol–water partition coefficient (Wildman–Crippen LogP) is 2.32. The summed E-state index contributed by atoms with van der Waals surface area (Å²) in [5, 5.41) is 9.34. The predicted molar refractivity (Wildman–Crippen MR) is 73.4 cm³/mol. The number of ether oxygens (including phenoxy) is 3. The first kappa shape index (κ1) is 15.2. The van der Waals surface area contributed by atoms with Crippen molar-refractivity contribution in [3.8, 4) is 11.5 Å². The van der Waals surface area contributed by atoms with Gasteiger partial charge >= 0.3 is 11.9 Å². The maximum Gasteiger partial charge on any atom is 0.311 e. The third-order valence-electron chi connectivity index (χ3n) is 2.89. The Kier molecular flexibility index (Phi) is 4.06. The van der Waals surface area contributed by atoms with Gasteiger partial charge in [0.2, 0.25) is 6.79 Å². The second kappa shape index (κ2) is 5.63. The van der Waals surface area contributed by atoms with E-state index in [0.29, 0.717) is 17.1 Å². The Hall–Kier alpha value is -2.24. The molecule has 1 aliphatic rings. The molecular formula is C15H18O6. The zero-order chi connectivity index (χ0) is 15.6. The lowest BCUT2D eigenvalue weighted by molar-refractivity contribution is -0.158. The lowest BCUT2D eigenvalue weighted by atomic mass is 9.95. The van der Waals surface area contributed by atoms with Crippen LogP contribution in [0.4, 0.5) is 0 Å². The van der Waals surface area contributed by atoms with E-state index in [9.17, 15) is 14.7 Å². The lowest BCUT2D eigenvalue weighted by Gasteiger charge is -2.21. The molecule has 1 aliphatic heterocycles. The van der Waals surface area contributed by atoms with Crippen LogP contribution in [0.2, 0.25) is 0 Å². The van der Waals surface area contributed by atoms with Gasteiger partial charge in [-0.2, -0.15) is 0 Å². The largest absolute Gasteiger partial charge is 0.481 e. The van der Waals surface area contributed by atoms with Crippen molar-refractivity contribution >= 4 is 11.9 Å². The van der Waals surface area contributed by atoms with Gasteiger partial charge in [-0.25, -0.2) is 0 Å². The fourth-order valence-corrected chi connectivity index (χ4v) is 2.03. The molecule has 0 saturated heterocycles. The molecule has 1 atom stereocenters. The highest BCUT2D eigenvalue weighted by molar-refractivity contribution is 5.83. The van der Waals surface area contributed by atoms with Gasteiger partial charge in [0.1, 0.15) is 5.60 Å². The first-order chi connectivity index (χ1) is 9.76. The van der Waals surface area contributed by atoms with Crippen molar-refractivity contribution in [1.29, 1.82) is 0 Å². The normalized spacial score (nSPS) is 14.6.